The van der Waals surface area contributed by atoms with E-state index in [0.717, 1.165) is 45.1 Å². The van der Waals surface area contributed by atoms with Gasteiger partial charge in [-0.15, -0.1) is 6.42 Å². The van der Waals surface area contributed by atoms with Gasteiger partial charge < -0.3 is 24.8 Å². The van der Waals surface area contributed by atoms with Gasteiger partial charge in [-0.1, -0.05) is 12.0 Å². The van der Waals surface area contributed by atoms with Crippen molar-refractivity contribution in [3.05, 3.63) is 47.7 Å². The molecule has 5 fully saturated rings. The highest BCUT2D eigenvalue weighted by molar-refractivity contribution is 6.03. The molecular formula is C37H37F3N6O3. The third-order valence-electron chi connectivity index (χ3n) is 11.9. The topological polar surface area (TPSA) is 95.9 Å². The van der Waals surface area contributed by atoms with Gasteiger partial charge in [0.2, 0.25) is 0 Å². The lowest BCUT2D eigenvalue weighted by Crippen LogP contribution is -2.66. The number of halogens is 3. The predicted molar refractivity (Wildman–Crippen MR) is 178 cm³/mol. The standard InChI is InChI=1S/C37H37F3N6O3/c1-3-25-28(39)6-5-21-13-24(47)14-26(29(21)25)31-30(40)32-27(16-41-31)33(45-18-23-7-9-36(19-45,44-23)37(48-2)10-11-37)43-34(42-32)49-20-35-8-4-12-46(35)17-22(38)15-35/h1,5-6,13-14,16,22-23,44,47H,4,7-12,15,17-20H2,2H3/t22-,23?,35+,36?/m1/s1. The SMILES string of the molecule is C#Cc1c(F)ccc2cc(O)cc(-c3ncc4c(N5CC6CCC(C7(OC)CC7)(C5)N6)nc(OC[C@@]56CCCN5C[C@H](F)C6)nc4c3F)c12. The maximum Gasteiger partial charge on any atom is 0.319 e. The summed E-state index contributed by atoms with van der Waals surface area (Å²) < 4.78 is 59.0. The Balaban J connectivity index is 1.19. The Bertz CT molecular complexity index is 2070. The fourth-order valence-electron chi connectivity index (χ4n) is 9.45. The van der Waals surface area contributed by atoms with Crippen molar-refractivity contribution in [2.45, 2.75) is 73.8 Å². The van der Waals surface area contributed by atoms with Crippen LogP contribution in [-0.2, 0) is 4.74 Å². The van der Waals surface area contributed by atoms with Crippen molar-refractivity contribution >= 4 is 27.5 Å². The summed E-state index contributed by atoms with van der Waals surface area (Å²) in [6.45, 7) is 2.59. The second kappa shape index (κ2) is 10.9. The predicted octanol–water partition coefficient (Wildman–Crippen LogP) is 5.26. The summed E-state index contributed by atoms with van der Waals surface area (Å²) in [5.74, 6) is 1.31. The molecule has 1 saturated carbocycles. The van der Waals surface area contributed by atoms with E-state index in [1.54, 1.807) is 7.11 Å². The van der Waals surface area contributed by atoms with Crippen molar-refractivity contribution in [1.82, 2.24) is 25.2 Å². The van der Waals surface area contributed by atoms with Crippen molar-refractivity contribution in [1.29, 1.82) is 0 Å². The number of piperazine rings is 1. The van der Waals surface area contributed by atoms with Crippen LogP contribution in [0.3, 0.4) is 0 Å². The largest absolute Gasteiger partial charge is 0.508 e. The van der Waals surface area contributed by atoms with Gasteiger partial charge in [-0.25, -0.2) is 13.2 Å². The third kappa shape index (κ3) is 4.62. The van der Waals surface area contributed by atoms with Gasteiger partial charge in [0.05, 0.1) is 27.6 Å². The summed E-state index contributed by atoms with van der Waals surface area (Å²) in [5.41, 5.74) is -1.09. The highest BCUT2D eigenvalue weighted by atomic mass is 19.1. The van der Waals surface area contributed by atoms with Crippen molar-refractivity contribution in [3.8, 4) is 35.4 Å². The summed E-state index contributed by atoms with van der Waals surface area (Å²) in [7, 11) is 1.77. The number of anilines is 1. The van der Waals surface area contributed by atoms with E-state index in [-0.39, 0.29) is 63.3 Å². The molecule has 4 aromatic rings. The van der Waals surface area contributed by atoms with Crippen LogP contribution in [-0.4, -0.2) is 93.7 Å². The second-order valence-corrected chi connectivity index (χ2v) is 14.6. The average Bonchev–Trinajstić information content (AvgIpc) is 3.61. The number of phenols is 1. The number of pyridine rings is 1. The first-order chi connectivity index (χ1) is 23.7. The molecule has 2 aromatic carbocycles. The number of methoxy groups -OCH3 is 1. The molecule has 0 spiro atoms. The summed E-state index contributed by atoms with van der Waals surface area (Å²) in [6, 6.07) is 5.66. The lowest BCUT2D eigenvalue weighted by molar-refractivity contribution is -0.00147. The number of alkyl halides is 1. The monoisotopic (exact) mass is 670 g/mol. The van der Waals surface area contributed by atoms with E-state index in [4.69, 9.17) is 20.9 Å². The van der Waals surface area contributed by atoms with Crippen LogP contribution in [0.15, 0.2) is 30.5 Å². The lowest BCUT2D eigenvalue weighted by atomic mass is 9.87. The number of hydrogen-bond donors (Lipinski definition) is 2. The van der Waals surface area contributed by atoms with Crippen LogP contribution >= 0.6 is 0 Å². The quantitative estimate of drug-likeness (QED) is 0.256. The Hall–Kier alpha value is -4.18. The molecule has 0 amide bonds. The second-order valence-electron chi connectivity index (χ2n) is 14.6. The molecule has 12 heteroatoms. The van der Waals surface area contributed by atoms with E-state index in [2.05, 4.69) is 31.0 Å². The first kappa shape index (κ1) is 30.8. The zero-order chi connectivity index (χ0) is 33.7. The van der Waals surface area contributed by atoms with Gasteiger partial charge in [0.15, 0.2) is 5.82 Å². The number of phenolic OH excluding ortho intramolecular Hbond substituents is 1. The molecule has 9 rings (SSSR count). The van der Waals surface area contributed by atoms with Gasteiger partial charge in [-0.3, -0.25) is 9.88 Å². The van der Waals surface area contributed by atoms with E-state index in [1.807, 2.05) is 0 Å². The summed E-state index contributed by atoms with van der Waals surface area (Å²) >= 11 is 0. The molecule has 9 nitrogen and oxygen atoms in total. The van der Waals surface area contributed by atoms with Gasteiger partial charge in [-0.05, 0) is 68.7 Å². The molecule has 0 radical (unpaired) electrons. The molecule has 4 atom stereocenters. The fourth-order valence-corrected chi connectivity index (χ4v) is 9.45. The minimum atomic E-state index is -0.930. The molecule has 2 N–H and O–H groups in total. The number of hydrogen-bond acceptors (Lipinski definition) is 9. The number of nitrogens with one attached hydrogen (secondary N) is 1. The Morgan fingerprint density at radius 2 is 2.00 bits per heavy atom. The normalized spacial score (nSPS) is 28.7. The number of nitrogens with zero attached hydrogens (tertiary/aromatic N) is 5. The average molecular weight is 671 g/mol. The van der Waals surface area contributed by atoms with Crippen LogP contribution in [0.2, 0.25) is 0 Å². The first-order valence-corrected chi connectivity index (χ1v) is 17.1. The van der Waals surface area contributed by atoms with Crippen LogP contribution in [0.4, 0.5) is 19.0 Å². The molecule has 6 heterocycles. The number of aromatic hydroxyl groups is 1. The Morgan fingerprint density at radius 1 is 1.14 bits per heavy atom. The van der Waals surface area contributed by atoms with Crippen molar-refractivity contribution in [2.75, 3.05) is 44.8 Å². The zero-order valence-corrected chi connectivity index (χ0v) is 27.2. The molecule has 4 aliphatic heterocycles. The Morgan fingerprint density at radius 3 is 2.80 bits per heavy atom. The third-order valence-corrected chi connectivity index (χ3v) is 11.9. The van der Waals surface area contributed by atoms with Crippen LogP contribution < -0.4 is 15.0 Å². The number of terminal acetylenes is 1. The number of fused-ring (bicyclic) bond motifs is 5. The van der Waals surface area contributed by atoms with Crippen LogP contribution in [0.25, 0.3) is 32.9 Å². The minimum Gasteiger partial charge on any atom is -0.508 e. The molecule has 254 valence electrons. The smallest absolute Gasteiger partial charge is 0.319 e. The molecular weight excluding hydrogens is 633 g/mol. The molecule has 2 bridgehead atoms. The lowest BCUT2D eigenvalue weighted by Gasteiger charge is -2.46. The van der Waals surface area contributed by atoms with Crippen molar-refractivity contribution < 1.29 is 27.8 Å². The highest BCUT2D eigenvalue weighted by Gasteiger charge is 2.64. The maximum absolute atomic E-state index is 17.0. The van der Waals surface area contributed by atoms with Gasteiger partial charge >= 0.3 is 6.01 Å². The van der Waals surface area contributed by atoms with E-state index in [1.165, 1.54) is 30.5 Å². The Labute approximate surface area is 281 Å². The van der Waals surface area contributed by atoms with E-state index in [9.17, 15) is 13.9 Å². The summed E-state index contributed by atoms with van der Waals surface area (Å²) in [5, 5.41) is 15.6. The number of aromatic nitrogens is 3. The number of benzene rings is 2. The fraction of sp³-hybridized carbons (Fsp3) is 0.486. The van der Waals surface area contributed by atoms with Crippen molar-refractivity contribution in [3.63, 3.8) is 0 Å². The van der Waals surface area contributed by atoms with E-state index < -0.39 is 23.3 Å². The summed E-state index contributed by atoms with van der Waals surface area (Å²) in [4.78, 5) is 18.4. The molecule has 1 aliphatic carbocycles. The molecule has 4 saturated heterocycles. The highest BCUT2D eigenvalue weighted by Crippen LogP contribution is 2.54. The van der Waals surface area contributed by atoms with E-state index >= 15 is 4.39 Å². The van der Waals surface area contributed by atoms with E-state index in [0.29, 0.717) is 42.6 Å². The maximum atomic E-state index is 17.0. The number of rotatable bonds is 7. The van der Waals surface area contributed by atoms with Gasteiger partial charge in [0.1, 0.15) is 41.4 Å². The van der Waals surface area contributed by atoms with Crippen LogP contribution in [0.1, 0.15) is 50.5 Å². The molecule has 5 aliphatic rings. The van der Waals surface area contributed by atoms with Crippen LogP contribution in [0.5, 0.6) is 11.8 Å². The van der Waals surface area contributed by atoms with Gasteiger partial charge in [-0.2, -0.15) is 9.97 Å². The Kier molecular flexibility index (Phi) is 6.87. The molecule has 2 aromatic heterocycles. The summed E-state index contributed by atoms with van der Waals surface area (Å²) in [6.07, 6.45) is 12.3. The zero-order valence-electron chi connectivity index (χ0n) is 27.2. The molecule has 49 heavy (non-hydrogen) atoms. The van der Waals surface area contributed by atoms with Crippen molar-refractivity contribution in [2.24, 2.45) is 0 Å². The molecule has 2 unspecified atom stereocenters. The first-order valence-electron chi connectivity index (χ1n) is 17.1. The van der Waals surface area contributed by atoms with Gasteiger partial charge in [0, 0.05) is 56.4 Å². The minimum absolute atomic E-state index is 0.00832. The van der Waals surface area contributed by atoms with Gasteiger partial charge in [0.25, 0.3) is 0 Å². The number of ether oxygens (including phenoxy) is 2. The van der Waals surface area contributed by atoms with Crippen LogP contribution in [0, 0.1) is 24.0 Å².